The first-order valence-electron chi connectivity index (χ1n) is 24.3. The van der Waals surface area contributed by atoms with Crippen molar-refractivity contribution >= 4 is 17.9 Å². The molecule has 0 radical (unpaired) electrons. The Kier molecular flexibility index (Phi) is 44.5. The van der Waals surface area contributed by atoms with E-state index in [0.717, 1.165) is 96.3 Å². The first kappa shape index (κ1) is 55.1. The lowest BCUT2D eigenvalue weighted by Gasteiger charge is -2.18. The Morgan fingerprint density at radius 1 is 0.379 bits per heavy atom. The van der Waals surface area contributed by atoms with E-state index in [1.807, 2.05) is 0 Å². The van der Waals surface area contributed by atoms with Gasteiger partial charge in [0.2, 0.25) is 0 Å². The molecule has 334 valence electrons. The summed E-state index contributed by atoms with van der Waals surface area (Å²) in [6.07, 6.45) is 56.5. The highest BCUT2D eigenvalue weighted by Crippen LogP contribution is 2.15. The highest BCUT2D eigenvalue weighted by atomic mass is 16.6. The molecule has 0 N–H and O–H groups in total. The largest absolute Gasteiger partial charge is 0.462 e. The van der Waals surface area contributed by atoms with Gasteiger partial charge in [-0.25, -0.2) is 0 Å². The molecule has 0 rings (SSSR count). The number of allylic oxidation sites excluding steroid dienone is 10. The van der Waals surface area contributed by atoms with Crippen LogP contribution < -0.4 is 0 Å². The molecular formula is C52H90O6. The Balaban J connectivity index is 4.32. The van der Waals surface area contributed by atoms with E-state index in [0.29, 0.717) is 19.3 Å². The molecule has 1 atom stereocenters. The summed E-state index contributed by atoms with van der Waals surface area (Å²) in [6.45, 7) is 6.34. The van der Waals surface area contributed by atoms with Crippen LogP contribution in [0.15, 0.2) is 60.8 Å². The molecule has 0 heterocycles. The Bertz CT molecular complexity index is 1070. The van der Waals surface area contributed by atoms with Gasteiger partial charge in [0.25, 0.3) is 0 Å². The molecule has 1 unspecified atom stereocenters. The van der Waals surface area contributed by atoms with Crippen LogP contribution in [-0.4, -0.2) is 37.2 Å². The summed E-state index contributed by atoms with van der Waals surface area (Å²) >= 11 is 0. The Morgan fingerprint density at radius 2 is 0.759 bits per heavy atom. The topological polar surface area (TPSA) is 78.9 Å². The molecule has 0 aromatic carbocycles. The van der Waals surface area contributed by atoms with Crippen LogP contribution in [0.1, 0.15) is 233 Å². The number of hydrogen-bond acceptors (Lipinski definition) is 6. The zero-order chi connectivity index (χ0) is 42.3. The molecular weight excluding hydrogens is 721 g/mol. The van der Waals surface area contributed by atoms with Gasteiger partial charge in [-0.05, 0) is 64.2 Å². The maximum absolute atomic E-state index is 12.7. The summed E-state index contributed by atoms with van der Waals surface area (Å²) in [6, 6.07) is 0. The van der Waals surface area contributed by atoms with Crippen LogP contribution in [0, 0.1) is 0 Å². The van der Waals surface area contributed by atoms with Gasteiger partial charge in [0.1, 0.15) is 13.2 Å². The van der Waals surface area contributed by atoms with Gasteiger partial charge in [-0.15, -0.1) is 0 Å². The van der Waals surface area contributed by atoms with Crippen molar-refractivity contribution < 1.29 is 28.6 Å². The molecule has 0 aliphatic carbocycles. The van der Waals surface area contributed by atoms with Gasteiger partial charge in [-0.3, -0.25) is 14.4 Å². The van der Waals surface area contributed by atoms with Crippen LogP contribution in [0.5, 0.6) is 0 Å². The van der Waals surface area contributed by atoms with E-state index < -0.39 is 6.10 Å². The fourth-order valence-corrected chi connectivity index (χ4v) is 6.71. The average molecular weight is 811 g/mol. The smallest absolute Gasteiger partial charge is 0.306 e. The van der Waals surface area contributed by atoms with Crippen LogP contribution in [0.3, 0.4) is 0 Å². The predicted molar refractivity (Wildman–Crippen MR) is 247 cm³/mol. The molecule has 6 nitrogen and oxygen atoms in total. The van der Waals surface area contributed by atoms with E-state index in [-0.39, 0.29) is 31.1 Å². The number of carbonyl (C=O) groups is 3. The third-order valence-corrected chi connectivity index (χ3v) is 10.3. The minimum Gasteiger partial charge on any atom is -0.462 e. The van der Waals surface area contributed by atoms with Crippen molar-refractivity contribution in [3.05, 3.63) is 60.8 Å². The van der Waals surface area contributed by atoms with E-state index in [2.05, 4.69) is 81.5 Å². The quantitative estimate of drug-likeness (QED) is 0.0201. The second-order valence-electron chi connectivity index (χ2n) is 16.0. The van der Waals surface area contributed by atoms with Gasteiger partial charge in [0.15, 0.2) is 6.10 Å². The monoisotopic (exact) mass is 811 g/mol. The van der Waals surface area contributed by atoms with E-state index in [1.165, 1.54) is 96.3 Å². The maximum Gasteiger partial charge on any atom is 0.306 e. The molecule has 0 bridgehead atoms. The molecule has 0 spiro atoms. The van der Waals surface area contributed by atoms with Crippen LogP contribution in [0.2, 0.25) is 0 Å². The fraction of sp³-hybridized carbons (Fsp3) is 0.750. The van der Waals surface area contributed by atoms with Crippen LogP contribution in [-0.2, 0) is 28.6 Å². The first-order valence-corrected chi connectivity index (χ1v) is 24.3. The molecule has 0 saturated heterocycles. The second kappa shape index (κ2) is 46.8. The van der Waals surface area contributed by atoms with Crippen molar-refractivity contribution in [2.75, 3.05) is 13.2 Å². The van der Waals surface area contributed by atoms with Gasteiger partial charge < -0.3 is 14.2 Å². The number of unbranched alkanes of at least 4 members (excludes halogenated alkanes) is 24. The van der Waals surface area contributed by atoms with Gasteiger partial charge in [-0.2, -0.15) is 0 Å². The molecule has 0 aliphatic rings. The minimum atomic E-state index is -0.793. The molecule has 58 heavy (non-hydrogen) atoms. The highest BCUT2D eigenvalue weighted by Gasteiger charge is 2.19. The zero-order valence-corrected chi connectivity index (χ0v) is 38.0. The number of carbonyl (C=O) groups excluding carboxylic acids is 3. The van der Waals surface area contributed by atoms with Crippen molar-refractivity contribution in [3.63, 3.8) is 0 Å². The van der Waals surface area contributed by atoms with Crippen LogP contribution in [0.25, 0.3) is 0 Å². The Morgan fingerprint density at radius 3 is 1.26 bits per heavy atom. The van der Waals surface area contributed by atoms with E-state index in [4.69, 9.17) is 14.2 Å². The molecule has 0 aromatic rings. The highest BCUT2D eigenvalue weighted by molar-refractivity contribution is 5.71. The lowest BCUT2D eigenvalue weighted by atomic mass is 10.0. The molecule has 0 amide bonds. The van der Waals surface area contributed by atoms with Crippen molar-refractivity contribution in [3.8, 4) is 0 Å². The Hall–Kier alpha value is -2.89. The standard InChI is InChI=1S/C52H90O6/c1-4-7-10-13-16-19-21-23-24-25-26-27-29-30-33-36-39-42-45-51(54)57-48-49(47-56-50(53)44-41-38-35-32-18-15-12-9-6-3)58-52(55)46-43-40-37-34-31-28-22-20-17-14-11-8-5-2/h8-9,11-12,14,17-18,20,22,32,49H,4-7,10,13,15-16,19,21,23-31,33-48H2,1-3H3/b11-8-,12-9-,17-14-,22-20-,32-18-. The molecule has 0 saturated carbocycles. The van der Waals surface area contributed by atoms with E-state index in [9.17, 15) is 14.4 Å². The van der Waals surface area contributed by atoms with Gasteiger partial charge >= 0.3 is 17.9 Å². The first-order chi connectivity index (χ1) is 28.5. The van der Waals surface area contributed by atoms with E-state index in [1.54, 1.807) is 0 Å². The third kappa shape index (κ3) is 44.2. The van der Waals surface area contributed by atoms with E-state index >= 15 is 0 Å². The van der Waals surface area contributed by atoms with Crippen molar-refractivity contribution in [2.45, 2.75) is 239 Å². The summed E-state index contributed by atoms with van der Waals surface area (Å²) in [7, 11) is 0. The average Bonchev–Trinajstić information content (AvgIpc) is 3.22. The molecule has 0 aliphatic heterocycles. The lowest BCUT2D eigenvalue weighted by molar-refractivity contribution is -0.167. The molecule has 0 aromatic heterocycles. The zero-order valence-electron chi connectivity index (χ0n) is 38.0. The number of rotatable bonds is 43. The Labute approximate surface area is 358 Å². The number of hydrogen-bond donors (Lipinski definition) is 0. The van der Waals surface area contributed by atoms with Crippen molar-refractivity contribution in [2.24, 2.45) is 0 Å². The summed E-state index contributed by atoms with van der Waals surface area (Å²) in [5.74, 6) is -0.949. The van der Waals surface area contributed by atoms with Gasteiger partial charge in [-0.1, -0.05) is 210 Å². The van der Waals surface area contributed by atoms with Crippen molar-refractivity contribution in [1.29, 1.82) is 0 Å². The second-order valence-corrected chi connectivity index (χ2v) is 16.0. The van der Waals surface area contributed by atoms with Crippen molar-refractivity contribution in [1.82, 2.24) is 0 Å². The van der Waals surface area contributed by atoms with Crippen LogP contribution >= 0.6 is 0 Å². The maximum atomic E-state index is 12.7. The molecule has 0 fully saturated rings. The van der Waals surface area contributed by atoms with Gasteiger partial charge in [0.05, 0.1) is 0 Å². The van der Waals surface area contributed by atoms with Crippen LogP contribution in [0.4, 0.5) is 0 Å². The summed E-state index contributed by atoms with van der Waals surface area (Å²) in [5.41, 5.74) is 0. The fourth-order valence-electron chi connectivity index (χ4n) is 6.71. The third-order valence-electron chi connectivity index (χ3n) is 10.3. The summed E-state index contributed by atoms with van der Waals surface area (Å²) < 4.78 is 16.7. The summed E-state index contributed by atoms with van der Waals surface area (Å²) in [5, 5.41) is 0. The predicted octanol–water partition coefficient (Wildman–Crippen LogP) is 15.7. The van der Waals surface area contributed by atoms with Gasteiger partial charge in [0, 0.05) is 19.3 Å². The summed E-state index contributed by atoms with van der Waals surface area (Å²) in [4.78, 5) is 37.8. The lowest BCUT2D eigenvalue weighted by Crippen LogP contribution is -2.30. The number of esters is 3. The SMILES string of the molecule is CC\C=C/C=C\C=C/CCCCCCCC(=O)OC(COC(=O)CCCC/C=C\C/C=C\CC)COC(=O)CCCCCCCCCCCCCCCCCCCC. The number of ether oxygens (including phenoxy) is 3. The molecule has 6 heteroatoms. The normalized spacial score (nSPS) is 12.5. The minimum absolute atomic E-state index is 0.0915.